The van der Waals surface area contributed by atoms with Gasteiger partial charge in [-0.15, -0.1) is 0 Å². The summed E-state index contributed by atoms with van der Waals surface area (Å²) in [4.78, 5) is 10.0. The molecule has 1 unspecified atom stereocenters. The summed E-state index contributed by atoms with van der Waals surface area (Å²) >= 11 is 4.06. The van der Waals surface area contributed by atoms with E-state index >= 15 is 0 Å². The Hall–Kier alpha value is -1.30. The molecule has 0 amide bonds. The molecule has 1 atom stereocenters. The van der Waals surface area contributed by atoms with Crippen molar-refractivity contribution in [2.24, 2.45) is 5.92 Å². The summed E-state index contributed by atoms with van der Waals surface area (Å²) in [6, 6.07) is 3.15. The van der Waals surface area contributed by atoms with E-state index in [2.05, 4.69) is 12.6 Å². The first-order valence-corrected chi connectivity index (χ1v) is 5.35. The first-order chi connectivity index (χ1) is 7.54. The normalized spacial score (nSPS) is 12.2. The Morgan fingerprint density at radius 1 is 1.62 bits per heavy atom. The van der Waals surface area contributed by atoms with Gasteiger partial charge >= 0.3 is 5.69 Å². The molecule has 0 aliphatic heterocycles. The second-order valence-corrected chi connectivity index (χ2v) is 3.83. The minimum Gasteiger partial charge on any atom is -0.486 e. The molecule has 0 spiro atoms. The highest BCUT2D eigenvalue weighted by molar-refractivity contribution is 7.80. The minimum atomic E-state index is -0.597. The Bertz CT molecular complexity index is 386. The van der Waals surface area contributed by atoms with Crippen molar-refractivity contribution < 1.29 is 14.1 Å². The summed E-state index contributed by atoms with van der Waals surface area (Å²) in [6.45, 7) is 2.16. The van der Waals surface area contributed by atoms with Crippen LogP contribution in [0.1, 0.15) is 6.92 Å². The second kappa shape index (κ2) is 5.69. The van der Waals surface area contributed by atoms with E-state index in [4.69, 9.17) is 4.74 Å². The molecular formula is C10H12FNO3S. The largest absolute Gasteiger partial charge is 0.486 e. The number of rotatable bonds is 5. The highest BCUT2D eigenvalue weighted by Crippen LogP contribution is 2.27. The lowest BCUT2D eigenvalue weighted by Gasteiger charge is -2.10. The number of nitro groups is 1. The van der Waals surface area contributed by atoms with Gasteiger partial charge < -0.3 is 4.74 Å². The fourth-order valence-corrected chi connectivity index (χ4v) is 1.14. The molecule has 1 aromatic rings. The molecule has 1 aromatic carbocycles. The van der Waals surface area contributed by atoms with Crippen molar-refractivity contribution in [3.63, 3.8) is 0 Å². The van der Waals surface area contributed by atoms with Gasteiger partial charge in [-0.25, -0.2) is 4.39 Å². The maximum Gasteiger partial charge on any atom is 0.311 e. The number of hydrogen-bond acceptors (Lipinski definition) is 4. The lowest BCUT2D eigenvalue weighted by Crippen LogP contribution is -2.10. The van der Waals surface area contributed by atoms with Crippen LogP contribution in [0.3, 0.4) is 0 Å². The number of thiol groups is 1. The monoisotopic (exact) mass is 245 g/mol. The van der Waals surface area contributed by atoms with Gasteiger partial charge in [0.15, 0.2) is 5.75 Å². The molecule has 0 saturated heterocycles. The van der Waals surface area contributed by atoms with E-state index in [-0.39, 0.29) is 24.0 Å². The third-order valence-corrected chi connectivity index (χ3v) is 2.58. The van der Waals surface area contributed by atoms with E-state index < -0.39 is 10.7 Å². The van der Waals surface area contributed by atoms with E-state index in [0.717, 1.165) is 18.2 Å². The summed E-state index contributed by atoms with van der Waals surface area (Å²) < 4.78 is 18.1. The van der Waals surface area contributed by atoms with Crippen molar-refractivity contribution >= 4 is 18.3 Å². The van der Waals surface area contributed by atoms with Crippen molar-refractivity contribution in [1.82, 2.24) is 0 Å². The predicted octanol–water partition coefficient (Wildman–Crippen LogP) is 2.68. The molecule has 0 N–H and O–H groups in total. The average Bonchev–Trinajstić information content (AvgIpc) is 2.25. The van der Waals surface area contributed by atoms with Gasteiger partial charge in [0.25, 0.3) is 0 Å². The first kappa shape index (κ1) is 12.8. The van der Waals surface area contributed by atoms with Gasteiger partial charge in [-0.3, -0.25) is 10.1 Å². The molecule has 88 valence electrons. The van der Waals surface area contributed by atoms with Gasteiger partial charge in [0.2, 0.25) is 0 Å². The quantitative estimate of drug-likeness (QED) is 0.493. The van der Waals surface area contributed by atoms with E-state index in [1.165, 1.54) is 0 Å². The average molecular weight is 245 g/mol. The molecular weight excluding hydrogens is 233 g/mol. The lowest BCUT2D eigenvalue weighted by atomic mass is 10.2. The Balaban J connectivity index is 2.84. The van der Waals surface area contributed by atoms with Crippen molar-refractivity contribution in [1.29, 1.82) is 0 Å². The van der Waals surface area contributed by atoms with Crippen LogP contribution >= 0.6 is 12.6 Å². The molecule has 0 fully saturated rings. The van der Waals surface area contributed by atoms with E-state index in [1.54, 1.807) is 0 Å². The molecule has 1 rings (SSSR count). The summed E-state index contributed by atoms with van der Waals surface area (Å²) in [5.74, 6) is 0.146. The van der Waals surface area contributed by atoms with Crippen LogP contribution < -0.4 is 4.74 Å². The highest BCUT2D eigenvalue weighted by Gasteiger charge is 2.16. The van der Waals surface area contributed by atoms with Gasteiger partial charge in [0.05, 0.1) is 11.5 Å². The van der Waals surface area contributed by atoms with E-state index in [1.807, 2.05) is 6.92 Å². The number of hydrogen-bond donors (Lipinski definition) is 1. The van der Waals surface area contributed by atoms with Gasteiger partial charge in [0, 0.05) is 12.1 Å². The smallest absolute Gasteiger partial charge is 0.311 e. The number of halogens is 1. The summed E-state index contributed by atoms with van der Waals surface area (Å²) in [6.07, 6.45) is 0. The minimum absolute atomic E-state index is 0.0429. The predicted molar refractivity (Wildman–Crippen MR) is 61.6 cm³/mol. The molecule has 0 bridgehead atoms. The van der Waals surface area contributed by atoms with Gasteiger partial charge in [-0.05, 0) is 17.7 Å². The molecule has 0 heterocycles. The van der Waals surface area contributed by atoms with Gasteiger partial charge in [-0.2, -0.15) is 12.6 Å². The van der Waals surface area contributed by atoms with Crippen molar-refractivity contribution in [2.45, 2.75) is 6.92 Å². The second-order valence-electron chi connectivity index (χ2n) is 3.47. The van der Waals surface area contributed by atoms with Crippen molar-refractivity contribution in [3.8, 4) is 5.75 Å². The maximum absolute atomic E-state index is 12.9. The zero-order valence-electron chi connectivity index (χ0n) is 8.72. The van der Waals surface area contributed by atoms with Gasteiger partial charge in [-0.1, -0.05) is 6.92 Å². The summed E-state index contributed by atoms with van der Waals surface area (Å²) in [5, 5.41) is 10.6. The number of benzene rings is 1. The highest BCUT2D eigenvalue weighted by atomic mass is 32.1. The molecule has 4 nitrogen and oxygen atoms in total. The Morgan fingerprint density at radius 2 is 2.31 bits per heavy atom. The molecule has 0 aliphatic rings. The van der Waals surface area contributed by atoms with Crippen LogP contribution in [-0.4, -0.2) is 17.3 Å². The van der Waals surface area contributed by atoms with Gasteiger partial charge in [0.1, 0.15) is 5.82 Å². The Kier molecular flexibility index (Phi) is 4.54. The van der Waals surface area contributed by atoms with Crippen LogP contribution in [0.2, 0.25) is 0 Å². The van der Waals surface area contributed by atoms with Crippen LogP contribution in [0, 0.1) is 21.8 Å². The first-order valence-electron chi connectivity index (χ1n) is 4.72. The SMILES string of the molecule is CC(CS)COc1cc(F)ccc1[N+](=O)[O-]. The summed E-state index contributed by atoms with van der Waals surface area (Å²) in [7, 11) is 0. The number of nitro benzene ring substituents is 1. The number of ether oxygens (including phenoxy) is 1. The standard InChI is InChI=1S/C10H12FNO3S/c1-7(6-16)5-15-10-4-8(11)2-3-9(10)12(13)14/h2-4,7,16H,5-6H2,1H3. The maximum atomic E-state index is 12.9. The van der Waals surface area contributed by atoms with Crippen LogP contribution in [0.25, 0.3) is 0 Å². The Morgan fingerprint density at radius 3 is 2.88 bits per heavy atom. The molecule has 0 radical (unpaired) electrons. The van der Waals surface area contributed by atoms with Crippen molar-refractivity contribution in [3.05, 3.63) is 34.1 Å². The number of nitrogens with zero attached hydrogens (tertiary/aromatic N) is 1. The molecule has 0 aromatic heterocycles. The van der Waals surface area contributed by atoms with Crippen LogP contribution in [0.15, 0.2) is 18.2 Å². The third-order valence-electron chi connectivity index (χ3n) is 1.95. The zero-order chi connectivity index (χ0) is 12.1. The molecule has 0 saturated carbocycles. The van der Waals surface area contributed by atoms with E-state index in [9.17, 15) is 14.5 Å². The van der Waals surface area contributed by atoms with Crippen LogP contribution in [-0.2, 0) is 0 Å². The molecule has 16 heavy (non-hydrogen) atoms. The van der Waals surface area contributed by atoms with Crippen LogP contribution in [0.5, 0.6) is 5.75 Å². The van der Waals surface area contributed by atoms with Crippen molar-refractivity contribution in [2.75, 3.05) is 12.4 Å². The van der Waals surface area contributed by atoms with E-state index in [0.29, 0.717) is 5.75 Å². The third kappa shape index (κ3) is 3.37. The zero-order valence-corrected chi connectivity index (χ0v) is 9.62. The lowest BCUT2D eigenvalue weighted by molar-refractivity contribution is -0.386. The molecule has 6 heteroatoms. The topological polar surface area (TPSA) is 52.4 Å². The molecule has 0 aliphatic carbocycles. The fourth-order valence-electron chi connectivity index (χ4n) is 1.04. The van der Waals surface area contributed by atoms with Crippen LogP contribution in [0.4, 0.5) is 10.1 Å². The summed E-state index contributed by atoms with van der Waals surface area (Å²) in [5.41, 5.74) is -0.229. The Labute approximate surface area is 98.0 Å². The fraction of sp³-hybridized carbons (Fsp3) is 0.400.